The minimum Gasteiger partial charge on any atom is -0.481 e. The maximum Gasteiger partial charge on any atom is 0.308 e. The molecule has 1 fully saturated rings. The first-order valence-corrected chi connectivity index (χ1v) is 14.4. The number of benzene rings is 1. The second kappa shape index (κ2) is 14.4. The van der Waals surface area contributed by atoms with Gasteiger partial charge in [0.25, 0.3) is 0 Å². The predicted molar refractivity (Wildman–Crippen MR) is 151 cm³/mol. The molecule has 4 rings (SSSR count). The van der Waals surface area contributed by atoms with Crippen molar-refractivity contribution in [1.29, 1.82) is 0 Å². The van der Waals surface area contributed by atoms with Crippen LogP contribution >= 0.6 is 0 Å². The highest BCUT2D eigenvalue weighted by atomic mass is 16.7. The highest BCUT2D eigenvalue weighted by Crippen LogP contribution is 2.42. The molecule has 0 spiro atoms. The summed E-state index contributed by atoms with van der Waals surface area (Å²) in [6, 6.07) is 7.10. The number of aryl methyl sites for hydroxylation is 1. The van der Waals surface area contributed by atoms with E-state index in [4.69, 9.17) is 9.47 Å². The van der Waals surface area contributed by atoms with Crippen molar-refractivity contribution in [1.82, 2.24) is 24.7 Å². The number of carbonyl (C=O) groups excluding carboxylic acids is 1. The van der Waals surface area contributed by atoms with Gasteiger partial charge in [-0.05, 0) is 70.1 Å². The van der Waals surface area contributed by atoms with Crippen LogP contribution < -0.4 is 9.47 Å². The number of carboxylic acid groups (broad SMARTS) is 1. The maximum atomic E-state index is 13.7. The van der Waals surface area contributed by atoms with Gasteiger partial charge in [-0.15, -0.1) is 0 Å². The van der Waals surface area contributed by atoms with E-state index < -0.39 is 11.9 Å². The Kier molecular flexibility index (Phi) is 10.7. The lowest BCUT2D eigenvalue weighted by Crippen LogP contribution is -2.45. The highest BCUT2D eigenvalue weighted by Gasteiger charge is 2.47. The van der Waals surface area contributed by atoms with E-state index in [9.17, 15) is 14.7 Å². The zero-order valence-corrected chi connectivity index (χ0v) is 24.0. The number of unbranched alkanes of at least 4 members (excludes halogenated alkanes) is 2. The molecule has 218 valence electrons. The van der Waals surface area contributed by atoms with Crippen LogP contribution in [0.3, 0.4) is 0 Å². The number of rotatable bonds is 15. The molecule has 2 aliphatic heterocycles. The highest BCUT2D eigenvalue weighted by molar-refractivity contribution is 5.79. The third kappa shape index (κ3) is 7.69. The third-order valence-electron chi connectivity index (χ3n) is 7.90. The molecule has 40 heavy (non-hydrogen) atoms. The number of amides is 1. The molecule has 10 heteroatoms. The van der Waals surface area contributed by atoms with E-state index in [1.165, 1.54) is 0 Å². The molecule has 3 atom stereocenters. The number of hydrogen-bond donors (Lipinski definition) is 1. The molecule has 1 aromatic heterocycles. The number of aliphatic carboxylic acids is 1. The quantitative estimate of drug-likeness (QED) is 0.333. The van der Waals surface area contributed by atoms with Crippen LogP contribution in [0.5, 0.6) is 11.5 Å². The minimum absolute atomic E-state index is 0.0646. The van der Waals surface area contributed by atoms with Crippen molar-refractivity contribution in [3.63, 3.8) is 0 Å². The maximum absolute atomic E-state index is 13.7. The summed E-state index contributed by atoms with van der Waals surface area (Å²) in [5.41, 5.74) is 0.888. The Bertz CT molecular complexity index is 1110. The Morgan fingerprint density at radius 3 is 2.50 bits per heavy atom. The third-order valence-corrected chi connectivity index (χ3v) is 7.90. The van der Waals surface area contributed by atoms with Crippen molar-refractivity contribution >= 4 is 11.9 Å². The zero-order chi connectivity index (χ0) is 28.5. The van der Waals surface area contributed by atoms with Gasteiger partial charge in [-0.2, -0.15) is 0 Å². The molecular weight excluding hydrogens is 510 g/mol. The number of nitrogens with zero attached hydrogens (tertiary/aromatic N) is 5. The molecule has 2 aliphatic rings. The first-order chi connectivity index (χ1) is 19.4. The summed E-state index contributed by atoms with van der Waals surface area (Å²) in [7, 11) is 4.12. The molecule has 0 unspecified atom stereocenters. The standard InChI is InChI=1S/C30H43N5O5/c1-4-5-16-34(17-7-6-15-33(2)3)28(36)20-35-19-23(22-9-11-25-26(18-22)40-21-39-25)29(30(37)38)24(35)10-12-27-31-13-8-14-32-27/h8-9,11,13-14,18,23-24,29H,4-7,10,12,15-17,19-21H2,1-3H3,(H,37,38)/t23-,24-,29+/m1/s1. The summed E-state index contributed by atoms with van der Waals surface area (Å²) in [6.07, 6.45) is 8.42. The van der Waals surface area contributed by atoms with Crippen LogP contribution in [-0.2, 0) is 16.0 Å². The van der Waals surface area contributed by atoms with Crippen molar-refractivity contribution < 1.29 is 24.2 Å². The molecule has 3 heterocycles. The van der Waals surface area contributed by atoms with Crippen molar-refractivity contribution in [3.05, 3.63) is 48.0 Å². The van der Waals surface area contributed by atoms with E-state index in [0.717, 1.165) is 50.9 Å². The van der Waals surface area contributed by atoms with Gasteiger partial charge >= 0.3 is 5.97 Å². The smallest absolute Gasteiger partial charge is 0.308 e. The van der Waals surface area contributed by atoms with Crippen molar-refractivity contribution in [2.75, 3.05) is 53.6 Å². The van der Waals surface area contributed by atoms with E-state index in [-0.39, 0.29) is 31.2 Å². The van der Waals surface area contributed by atoms with Gasteiger partial charge in [-0.25, -0.2) is 9.97 Å². The second-order valence-electron chi connectivity index (χ2n) is 11.0. The molecule has 0 saturated carbocycles. The van der Waals surface area contributed by atoms with Gasteiger partial charge < -0.3 is 24.4 Å². The van der Waals surface area contributed by atoms with Gasteiger partial charge in [0.1, 0.15) is 5.82 Å². The largest absolute Gasteiger partial charge is 0.481 e. The van der Waals surface area contributed by atoms with Gasteiger partial charge in [0.05, 0.1) is 12.5 Å². The lowest BCUT2D eigenvalue weighted by Gasteiger charge is -2.30. The number of ether oxygens (including phenoxy) is 2. The average molecular weight is 554 g/mol. The van der Waals surface area contributed by atoms with Gasteiger partial charge in [0.2, 0.25) is 12.7 Å². The second-order valence-corrected chi connectivity index (χ2v) is 11.0. The van der Waals surface area contributed by atoms with Crippen LogP contribution in [-0.4, -0.2) is 101 Å². The van der Waals surface area contributed by atoms with Crippen LogP contribution in [0.1, 0.15) is 56.3 Å². The monoisotopic (exact) mass is 553 g/mol. The molecule has 0 bridgehead atoms. The lowest BCUT2D eigenvalue weighted by atomic mass is 9.83. The summed E-state index contributed by atoms with van der Waals surface area (Å²) in [4.78, 5) is 41.4. The number of aromatic nitrogens is 2. The van der Waals surface area contributed by atoms with E-state index >= 15 is 0 Å². The van der Waals surface area contributed by atoms with Gasteiger partial charge in [-0.1, -0.05) is 19.4 Å². The minimum atomic E-state index is -0.858. The Morgan fingerprint density at radius 1 is 1.05 bits per heavy atom. The molecule has 1 aromatic carbocycles. The summed E-state index contributed by atoms with van der Waals surface area (Å²) < 4.78 is 11.1. The molecule has 1 N–H and O–H groups in total. The van der Waals surface area contributed by atoms with Crippen molar-refractivity contribution in [2.24, 2.45) is 5.92 Å². The molecule has 0 aliphatic carbocycles. The van der Waals surface area contributed by atoms with E-state index in [1.807, 2.05) is 23.1 Å². The van der Waals surface area contributed by atoms with E-state index in [2.05, 4.69) is 40.8 Å². The van der Waals surface area contributed by atoms with Crippen LogP contribution in [0.25, 0.3) is 0 Å². The normalized spacial score (nSPS) is 20.2. The first kappa shape index (κ1) is 29.7. The van der Waals surface area contributed by atoms with Crippen molar-refractivity contribution in [3.8, 4) is 11.5 Å². The van der Waals surface area contributed by atoms with Gasteiger partial charge in [0.15, 0.2) is 11.5 Å². The zero-order valence-electron chi connectivity index (χ0n) is 24.0. The fourth-order valence-electron chi connectivity index (χ4n) is 5.78. The number of carbonyl (C=O) groups is 2. The number of carboxylic acids is 1. The van der Waals surface area contributed by atoms with E-state index in [0.29, 0.717) is 36.7 Å². The topological polar surface area (TPSA) is 108 Å². The van der Waals surface area contributed by atoms with Crippen molar-refractivity contribution in [2.45, 2.75) is 57.4 Å². The van der Waals surface area contributed by atoms with Crippen LogP contribution in [0.4, 0.5) is 0 Å². The Hall–Kier alpha value is -3.24. The Labute approximate surface area is 237 Å². The van der Waals surface area contributed by atoms with E-state index in [1.54, 1.807) is 18.5 Å². The molecule has 0 radical (unpaired) electrons. The fraction of sp³-hybridized carbons (Fsp3) is 0.600. The number of likely N-dealkylation sites (tertiary alicyclic amines) is 1. The SMILES string of the molecule is CCCCN(CCCCN(C)C)C(=O)CN1C[C@H](c2ccc3c(c2)OCO3)[C@H](C(=O)O)[C@H]1CCc1ncccn1. The molecule has 10 nitrogen and oxygen atoms in total. The Balaban J connectivity index is 1.54. The number of fused-ring (bicyclic) bond motifs is 1. The summed E-state index contributed by atoms with van der Waals surface area (Å²) >= 11 is 0. The molecule has 2 aromatic rings. The van der Waals surface area contributed by atoms with Crippen LogP contribution in [0.15, 0.2) is 36.7 Å². The lowest BCUT2D eigenvalue weighted by molar-refractivity contribution is -0.143. The summed E-state index contributed by atoms with van der Waals surface area (Å²) in [5.74, 6) is 0.215. The average Bonchev–Trinajstić information content (AvgIpc) is 3.56. The molecule has 1 amide bonds. The molecular formula is C30H43N5O5. The Morgan fingerprint density at radius 2 is 1.77 bits per heavy atom. The summed E-state index contributed by atoms with van der Waals surface area (Å²) in [5, 5.41) is 10.5. The van der Waals surface area contributed by atoms with Gasteiger partial charge in [0, 0.05) is 50.4 Å². The van der Waals surface area contributed by atoms with Gasteiger partial charge in [-0.3, -0.25) is 14.5 Å². The van der Waals surface area contributed by atoms with Crippen LogP contribution in [0.2, 0.25) is 0 Å². The first-order valence-electron chi connectivity index (χ1n) is 14.4. The fourth-order valence-corrected chi connectivity index (χ4v) is 5.78. The summed E-state index contributed by atoms with van der Waals surface area (Å²) in [6.45, 7) is 5.40. The van der Waals surface area contributed by atoms with Crippen LogP contribution in [0, 0.1) is 5.92 Å². The predicted octanol–water partition coefficient (Wildman–Crippen LogP) is 3.28. The molecule has 1 saturated heterocycles. The number of hydrogen-bond acceptors (Lipinski definition) is 8.